The highest BCUT2D eigenvalue weighted by Crippen LogP contribution is 2.32. The van der Waals surface area contributed by atoms with Gasteiger partial charge in [-0.15, -0.1) is 11.3 Å². The molecule has 3 aromatic rings. The highest BCUT2D eigenvalue weighted by molar-refractivity contribution is 8.26. The minimum absolute atomic E-state index is 0.117. The lowest BCUT2D eigenvalue weighted by atomic mass is 10.1. The Labute approximate surface area is 222 Å². The molecule has 2 heterocycles. The zero-order chi connectivity index (χ0) is 24.8. The van der Waals surface area contributed by atoms with Crippen molar-refractivity contribution in [3.05, 3.63) is 87.1 Å². The molecule has 0 radical (unpaired) electrons. The third-order valence-corrected chi connectivity index (χ3v) is 7.49. The fraction of sp³-hybridized carbons (Fsp3) is 0.154. The molecule has 5 nitrogen and oxygen atoms in total. The second kappa shape index (κ2) is 11.8. The van der Waals surface area contributed by atoms with E-state index in [4.69, 9.17) is 23.8 Å². The SMILES string of the molecule is CC(/C=C1\SC(=S)N(CCCC(=O)Nc2nc(-c3ccc(Cl)cc3)cs2)C1=O)=C\c1ccccc1. The van der Waals surface area contributed by atoms with Crippen molar-refractivity contribution in [2.45, 2.75) is 19.8 Å². The molecule has 1 aliphatic rings. The molecule has 4 rings (SSSR count). The summed E-state index contributed by atoms with van der Waals surface area (Å²) in [5, 5.41) is 5.92. The van der Waals surface area contributed by atoms with E-state index >= 15 is 0 Å². The minimum atomic E-state index is -0.148. The second-order valence-electron chi connectivity index (χ2n) is 7.83. The van der Waals surface area contributed by atoms with Gasteiger partial charge >= 0.3 is 0 Å². The van der Waals surface area contributed by atoms with Crippen LogP contribution in [0.2, 0.25) is 5.02 Å². The van der Waals surface area contributed by atoms with E-state index in [1.807, 2.05) is 66.9 Å². The zero-order valence-electron chi connectivity index (χ0n) is 18.9. The summed E-state index contributed by atoms with van der Waals surface area (Å²) in [7, 11) is 0. The van der Waals surface area contributed by atoms with E-state index in [2.05, 4.69) is 10.3 Å². The number of benzene rings is 2. The van der Waals surface area contributed by atoms with Crippen LogP contribution >= 0.6 is 46.9 Å². The first kappa shape index (κ1) is 25.3. The largest absolute Gasteiger partial charge is 0.302 e. The first-order chi connectivity index (χ1) is 16.9. The fourth-order valence-corrected chi connectivity index (χ4v) is 5.64. The number of carbonyl (C=O) groups excluding carboxylic acids is 2. The maximum Gasteiger partial charge on any atom is 0.266 e. The zero-order valence-corrected chi connectivity index (χ0v) is 22.1. The quantitative estimate of drug-likeness (QED) is 0.246. The number of thioether (sulfide) groups is 1. The summed E-state index contributed by atoms with van der Waals surface area (Å²) >= 11 is 14.0. The van der Waals surface area contributed by atoms with Crippen molar-refractivity contribution < 1.29 is 9.59 Å². The lowest BCUT2D eigenvalue weighted by molar-refractivity contribution is -0.122. The first-order valence-corrected chi connectivity index (χ1v) is 13.4. The monoisotopic (exact) mass is 539 g/mol. The predicted molar refractivity (Wildman–Crippen MR) is 151 cm³/mol. The maximum atomic E-state index is 12.8. The number of hydrogen-bond acceptors (Lipinski definition) is 6. The van der Waals surface area contributed by atoms with Crippen LogP contribution in [0.3, 0.4) is 0 Å². The first-order valence-electron chi connectivity index (χ1n) is 10.9. The molecule has 0 saturated carbocycles. The molecule has 2 aromatic carbocycles. The Morgan fingerprint density at radius 3 is 2.66 bits per heavy atom. The van der Waals surface area contributed by atoms with E-state index < -0.39 is 0 Å². The van der Waals surface area contributed by atoms with Crippen molar-refractivity contribution in [2.75, 3.05) is 11.9 Å². The molecule has 0 unspecified atom stereocenters. The van der Waals surface area contributed by atoms with Gasteiger partial charge in [0.25, 0.3) is 5.91 Å². The van der Waals surface area contributed by atoms with Gasteiger partial charge < -0.3 is 5.32 Å². The molecule has 178 valence electrons. The smallest absolute Gasteiger partial charge is 0.266 e. The Bertz CT molecular complexity index is 1300. The van der Waals surface area contributed by atoms with Gasteiger partial charge in [0.1, 0.15) is 4.32 Å². The molecule has 9 heteroatoms. The highest BCUT2D eigenvalue weighted by atomic mass is 35.5. The molecule has 0 spiro atoms. The lowest BCUT2D eigenvalue weighted by Crippen LogP contribution is -2.29. The second-order valence-corrected chi connectivity index (χ2v) is 10.8. The van der Waals surface area contributed by atoms with Crippen LogP contribution in [-0.4, -0.2) is 32.6 Å². The number of allylic oxidation sites excluding steroid dienone is 2. The van der Waals surface area contributed by atoms with Crippen molar-refractivity contribution in [1.29, 1.82) is 0 Å². The molecule has 0 atom stereocenters. The van der Waals surface area contributed by atoms with E-state index in [9.17, 15) is 9.59 Å². The molecule has 2 amide bonds. The Morgan fingerprint density at radius 1 is 1.17 bits per heavy atom. The van der Waals surface area contributed by atoms with Crippen LogP contribution in [-0.2, 0) is 9.59 Å². The Morgan fingerprint density at radius 2 is 1.91 bits per heavy atom. The third kappa shape index (κ3) is 6.89. The van der Waals surface area contributed by atoms with E-state index in [-0.39, 0.29) is 18.2 Å². The molecule has 1 saturated heterocycles. The van der Waals surface area contributed by atoms with E-state index in [1.165, 1.54) is 23.1 Å². The van der Waals surface area contributed by atoms with Crippen molar-refractivity contribution >= 4 is 74.3 Å². The normalized spacial score (nSPS) is 15.2. The van der Waals surface area contributed by atoms with Gasteiger partial charge in [-0.1, -0.05) is 84.1 Å². The van der Waals surface area contributed by atoms with Crippen LogP contribution in [0.15, 0.2) is 76.5 Å². The number of nitrogens with one attached hydrogen (secondary N) is 1. The standard InChI is InChI=1S/C26H22ClN3O2S3/c1-17(14-18-6-3-2-4-7-18)15-22-24(32)30(26(33)35-22)13-5-8-23(31)29-25-28-21(16-34-25)19-9-11-20(27)12-10-19/h2-4,6-7,9-12,14-16H,5,8,13H2,1H3,(H,28,29,31)/b17-14+,22-15-. The summed E-state index contributed by atoms with van der Waals surface area (Å²) < 4.78 is 0.515. The number of anilines is 1. The number of aromatic nitrogens is 1. The number of thiazole rings is 1. The highest BCUT2D eigenvalue weighted by Gasteiger charge is 2.31. The van der Waals surface area contributed by atoms with Crippen LogP contribution in [0.25, 0.3) is 17.3 Å². The van der Waals surface area contributed by atoms with Crippen LogP contribution < -0.4 is 5.32 Å². The Kier molecular flexibility index (Phi) is 8.51. The topological polar surface area (TPSA) is 62.3 Å². The molecule has 0 bridgehead atoms. The summed E-state index contributed by atoms with van der Waals surface area (Å²) in [4.78, 5) is 31.9. The van der Waals surface area contributed by atoms with Gasteiger partial charge in [0.05, 0.1) is 10.6 Å². The summed E-state index contributed by atoms with van der Waals surface area (Å²) in [6.07, 6.45) is 4.65. The predicted octanol–water partition coefficient (Wildman–Crippen LogP) is 7.03. The van der Waals surface area contributed by atoms with Crippen molar-refractivity contribution in [2.24, 2.45) is 0 Å². The van der Waals surface area contributed by atoms with E-state index in [0.717, 1.165) is 22.4 Å². The molecular weight excluding hydrogens is 518 g/mol. The molecule has 1 aromatic heterocycles. The van der Waals surface area contributed by atoms with E-state index in [1.54, 1.807) is 17.0 Å². The van der Waals surface area contributed by atoms with Gasteiger partial charge in [-0.05, 0) is 42.7 Å². The van der Waals surface area contributed by atoms with Gasteiger partial charge in [0.2, 0.25) is 5.91 Å². The van der Waals surface area contributed by atoms with Crippen LogP contribution in [0.4, 0.5) is 5.13 Å². The molecule has 1 fully saturated rings. The van der Waals surface area contributed by atoms with Crippen LogP contribution in [0.5, 0.6) is 0 Å². The number of thiocarbonyl (C=S) groups is 1. The fourth-order valence-electron chi connectivity index (χ4n) is 3.42. The molecule has 35 heavy (non-hydrogen) atoms. The van der Waals surface area contributed by atoms with Gasteiger partial charge in [-0.2, -0.15) is 0 Å². The lowest BCUT2D eigenvalue weighted by Gasteiger charge is -2.13. The van der Waals surface area contributed by atoms with Crippen molar-refractivity contribution in [3.8, 4) is 11.3 Å². The molecule has 0 aliphatic carbocycles. The number of nitrogens with zero attached hydrogens (tertiary/aromatic N) is 2. The van der Waals surface area contributed by atoms with Crippen molar-refractivity contribution in [1.82, 2.24) is 9.88 Å². The number of amides is 2. The molecule has 1 N–H and O–H groups in total. The van der Waals surface area contributed by atoms with Gasteiger partial charge in [0, 0.05) is 28.9 Å². The Balaban J connectivity index is 1.28. The number of rotatable bonds is 8. The van der Waals surface area contributed by atoms with Gasteiger partial charge in [0.15, 0.2) is 5.13 Å². The average Bonchev–Trinajstić information content (AvgIpc) is 3.40. The average molecular weight is 540 g/mol. The van der Waals surface area contributed by atoms with Crippen LogP contribution in [0.1, 0.15) is 25.3 Å². The molecular formula is C26H22ClN3O2S3. The number of halogens is 1. The maximum absolute atomic E-state index is 12.8. The van der Waals surface area contributed by atoms with Crippen LogP contribution in [0, 0.1) is 0 Å². The van der Waals surface area contributed by atoms with Crippen molar-refractivity contribution in [3.63, 3.8) is 0 Å². The third-order valence-electron chi connectivity index (χ3n) is 5.10. The number of hydrogen-bond donors (Lipinski definition) is 1. The van der Waals surface area contributed by atoms with Gasteiger partial charge in [-0.3, -0.25) is 14.5 Å². The summed E-state index contributed by atoms with van der Waals surface area (Å²) in [6, 6.07) is 17.3. The summed E-state index contributed by atoms with van der Waals surface area (Å²) in [5.74, 6) is -0.265. The minimum Gasteiger partial charge on any atom is -0.302 e. The molecule has 1 aliphatic heterocycles. The Hall–Kier alpha value is -2.78. The van der Waals surface area contributed by atoms with E-state index in [0.29, 0.717) is 32.3 Å². The summed E-state index contributed by atoms with van der Waals surface area (Å²) in [5.41, 5.74) is 3.76. The number of carbonyl (C=O) groups is 2. The summed E-state index contributed by atoms with van der Waals surface area (Å²) in [6.45, 7) is 2.35. The van der Waals surface area contributed by atoms with Gasteiger partial charge in [-0.25, -0.2) is 4.98 Å².